The smallest absolute Gasteiger partial charge is 0.261 e. The van der Waals surface area contributed by atoms with E-state index in [2.05, 4.69) is 36.5 Å². The molecule has 4 heteroatoms. The van der Waals surface area contributed by atoms with E-state index in [-0.39, 0.29) is 11.7 Å². The van der Waals surface area contributed by atoms with Crippen LogP contribution in [-0.4, -0.2) is 18.6 Å². The van der Waals surface area contributed by atoms with Crippen LogP contribution in [0.5, 0.6) is 5.75 Å². The molecule has 0 aromatic heterocycles. The number of ether oxygens (including phenoxy) is 1. The van der Waals surface area contributed by atoms with Gasteiger partial charge in [0.15, 0.2) is 17.7 Å². The summed E-state index contributed by atoms with van der Waals surface area (Å²) in [6, 6.07) is 14.5. The van der Waals surface area contributed by atoms with Crippen molar-refractivity contribution in [1.29, 1.82) is 0 Å². The van der Waals surface area contributed by atoms with Gasteiger partial charge in [-0.15, -0.1) is 0 Å². The SMILES string of the molecule is CC[C@H](Oc1ccccc1F)C(=O)NCCCc1ccc(C)cc1. The summed E-state index contributed by atoms with van der Waals surface area (Å²) >= 11 is 0. The van der Waals surface area contributed by atoms with Crippen molar-refractivity contribution in [3.05, 3.63) is 65.5 Å². The van der Waals surface area contributed by atoms with Crippen molar-refractivity contribution in [2.24, 2.45) is 0 Å². The van der Waals surface area contributed by atoms with Gasteiger partial charge in [-0.1, -0.05) is 48.9 Å². The Labute approximate surface area is 142 Å². The normalized spacial score (nSPS) is 11.8. The van der Waals surface area contributed by atoms with Crippen molar-refractivity contribution in [2.45, 2.75) is 39.2 Å². The summed E-state index contributed by atoms with van der Waals surface area (Å²) in [5.41, 5.74) is 2.49. The van der Waals surface area contributed by atoms with E-state index in [0.717, 1.165) is 12.8 Å². The largest absolute Gasteiger partial charge is 0.478 e. The van der Waals surface area contributed by atoms with Crippen LogP contribution in [0.3, 0.4) is 0 Å². The highest BCUT2D eigenvalue weighted by molar-refractivity contribution is 5.81. The van der Waals surface area contributed by atoms with Crippen LogP contribution in [0.2, 0.25) is 0 Å². The number of amides is 1. The van der Waals surface area contributed by atoms with Crippen molar-refractivity contribution >= 4 is 5.91 Å². The van der Waals surface area contributed by atoms with Crippen molar-refractivity contribution in [3.63, 3.8) is 0 Å². The molecule has 0 unspecified atom stereocenters. The molecule has 2 aromatic rings. The van der Waals surface area contributed by atoms with Crippen LogP contribution in [0.4, 0.5) is 4.39 Å². The van der Waals surface area contributed by atoms with Crippen molar-refractivity contribution in [2.75, 3.05) is 6.54 Å². The first-order chi connectivity index (χ1) is 11.6. The summed E-state index contributed by atoms with van der Waals surface area (Å²) < 4.78 is 19.1. The minimum atomic E-state index is -0.679. The molecule has 0 spiro atoms. The first-order valence-corrected chi connectivity index (χ1v) is 8.34. The number of rotatable bonds is 8. The summed E-state index contributed by atoms with van der Waals surface area (Å²) in [6.07, 6.45) is 1.57. The van der Waals surface area contributed by atoms with Gasteiger partial charge >= 0.3 is 0 Å². The van der Waals surface area contributed by atoms with Gasteiger partial charge in [0.2, 0.25) is 0 Å². The Morgan fingerprint density at radius 3 is 2.54 bits per heavy atom. The number of nitrogens with one attached hydrogen (secondary N) is 1. The van der Waals surface area contributed by atoms with E-state index in [0.29, 0.717) is 13.0 Å². The van der Waals surface area contributed by atoms with Gasteiger partial charge in [0.1, 0.15) is 0 Å². The number of hydrogen-bond acceptors (Lipinski definition) is 2. The first-order valence-electron chi connectivity index (χ1n) is 8.34. The van der Waals surface area contributed by atoms with Crippen molar-refractivity contribution in [3.8, 4) is 5.75 Å². The van der Waals surface area contributed by atoms with Crippen LogP contribution in [-0.2, 0) is 11.2 Å². The minimum Gasteiger partial charge on any atom is -0.478 e. The second-order valence-corrected chi connectivity index (χ2v) is 5.83. The maximum absolute atomic E-state index is 13.6. The van der Waals surface area contributed by atoms with Crippen molar-refractivity contribution in [1.82, 2.24) is 5.32 Å². The lowest BCUT2D eigenvalue weighted by Crippen LogP contribution is -2.38. The number of aryl methyl sites for hydroxylation is 2. The van der Waals surface area contributed by atoms with Crippen LogP contribution in [0.15, 0.2) is 48.5 Å². The quantitative estimate of drug-likeness (QED) is 0.742. The van der Waals surface area contributed by atoms with E-state index in [4.69, 9.17) is 4.74 Å². The van der Waals surface area contributed by atoms with Gasteiger partial charge < -0.3 is 10.1 Å². The molecule has 0 fully saturated rings. The van der Waals surface area contributed by atoms with Gasteiger partial charge in [0, 0.05) is 6.54 Å². The highest BCUT2D eigenvalue weighted by Crippen LogP contribution is 2.18. The Hall–Kier alpha value is -2.36. The van der Waals surface area contributed by atoms with E-state index in [9.17, 15) is 9.18 Å². The zero-order chi connectivity index (χ0) is 17.4. The fourth-order valence-electron chi connectivity index (χ4n) is 2.39. The average Bonchev–Trinajstić information content (AvgIpc) is 2.59. The van der Waals surface area contributed by atoms with Gasteiger partial charge in [-0.05, 0) is 43.9 Å². The predicted octanol–water partition coefficient (Wildman–Crippen LogP) is 4.04. The Morgan fingerprint density at radius 2 is 1.88 bits per heavy atom. The Kier molecular flexibility index (Phi) is 6.79. The monoisotopic (exact) mass is 329 g/mol. The topological polar surface area (TPSA) is 38.3 Å². The molecule has 2 aromatic carbocycles. The van der Waals surface area contributed by atoms with Gasteiger partial charge in [-0.3, -0.25) is 4.79 Å². The standard InChI is InChI=1S/C20H24FNO2/c1-3-18(24-19-9-5-4-8-17(19)21)20(23)22-14-6-7-16-12-10-15(2)11-13-16/h4-5,8-13,18H,3,6-7,14H2,1-2H3,(H,22,23)/t18-/m0/s1. The molecule has 0 aliphatic carbocycles. The summed E-state index contributed by atoms with van der Waals surface area (Å²) in [6.45, 7) is 4.48. The molecule has 0 aliphatic heterocycles. The van der Waals surface area contributed by atoms with Crippen LogP contribution in [0.1, 0.15) is 30.9 Å². The zero-order valence-electron chi connectivity index (χ0n) is 14.2. The summed E-state index contributed by atoms with van der Waals surface area (Å²) in [4.78, 5) is 12.2. The van der Waals surface area contributed by atoms with Crippen LogP contribution >= 0.6 is 0 Å². The minimum absolute atomic E-state index is 0.110. The molecule has 2 rings (SSSR count). The number of carbonyl (C=O) groups excluding carboxylic acids is 1. The molecule has 0 saturated heterocycles. The van der Waals surface area contributed by atoms with E-state index < -0.39 is 11.9 Å². The first kappa shape index (κ1) is 18.0. The molecule has 1 amide bonds. The summed E-state index contributed by atoms with van der Waals surface area (Å²) in [5, 5.41) is 2.87. The number of halogens is 1. The van der Waals surface area contributed by atoms with Crippen LogP contribution < -0.4 is 10.1 Å². The fraction of sp³-hybridized carbons (Fsp3) is 0.350. The number of carbonyl (C=O) groups is 1. The lowest BCUT2D eigenvalue weighted by molar-refractivity contribution is -0.128. The highest BCUT2D eigenvalue weighted by atomic mass is 19.1. The van der Waals surface area contributed by atoms with Gasteiger partial charge in [0.05, 0.1) is 0 Å². The Balaban J connectivity index is 1.77. The fourth-order valence-corrected chi connectivity index (χ4v) is 2.39. The second kappa shape index (κ2) is 9.06. The zero-order valence-corrected chi connectivity index (χ0v) is 14.2. The number of para-hydroxylation sites is 1. The molecule has 128 valence electrons. The summed E-state index contributed by atoms with van der Waals surface area (Å²) in [7, 11) is 0. The molecule has 24 heavy (non-hydrogen) atoms. The maximum atomic E-state index is 13.6. The molecule has 3 nitrogen and oxygen atoms in total. The molecule has 1 N–H and O–H groups in total. The molecular formula is C20H24FNO2. The van der Waals surface area contributed by atoms with Crippen molar-refractivity contribution < 1.29 is 13.9 Å². The molecular weight excluding hydrogens is 305 g/mol. The predicted molar refractivity (Wildman–Crippen MR) is 93.6 cm³/mol. The van der Waals surface area contributed by atoms with E-state index in [1.807, 2.05) is 6.92 Å². The van der Waals surface area contributed by atoms with Gasteiger partial charge in [-0.25, -0.2) is 4.39 Å². The molecule has 1 atom stereocenters. The van der Waals surface area contributed by atoms with Gasteiger partial charge in [0.25, 0.3) is 5.91 Å². The Bertz CT molecular complexity index is 655. The third-order valence-electron chi connectivity index (χ3n) is 3.83. The van der Waals surface area contributed by atoms with Gasteiger partial charge in [-0.2, -0.15) is 0 Å². The average molecular weight is 329 g/mol. The third-order valence-corrected chi connectivity index (χ3v) is 3.83. The van der Waals surface area contributed by atoms with Crippen LogP contribution in [0, 0.1) is 12.7 Å². The van der Waals surface area contributed by atoms with E-state index in [1.54, 1.807) is 12.1 Å². The molecule has 0 saturated carbocycles. The maximum Gasteiger partial charge on any atom is 0.261 e. The molecule has 0 radical (unpaired) electrons. The van der Waals surface area contributed by atoms with Crippen LogP contribution in [0.25, 0.3) is 0 Å². The van der Waals surface area contributed by atoms with E-state index >= 15 is 0 Å². The lowest BCUT2D eigenvalue weighted by Gasteiger charge is -2.17. The highest BCUT2D eigenvalue weighted by Gasteiger charge is 2.19. The summed E-state index contributed by atoms with van der Waals surface area (Å²) in [5.74, 6) is -0.549. The Morgan fingerprint density at radius 1 is 1.17 bits per heavy atom. The van der Waals surface area contributed by atoms with E-state index in [1.165, 1.54) is 23.3 Å². The molecule has 0 bridgehead atoms. The second-order valence-electron chi connectivity index (χ2n) is 5.83. The molecule has 0 heterocycles. The number of benzene rings is 2. The third kappa shape index (κ3) is 5.37. The lowest BCUT2D eigenvalue weighted by atomic mass is 10.1. The number of hydrogen-bond donors (Lipinski definition) is 1. The molecule has 0 aliphatic rings.